The van der Waals surface area contributed by atoms with E-state index < -0.39 is 0 Å². The molecule has 110 valence electrons. The number of fused-ring (bicyclic) bond motifs is 3. The van der Waals surface area contributed by atoms with Crippen molar-refractivity contribution in [2.45, 2.75) is 43.9 Å². The van der Waals surface area contributed by atoms with Gasteiger partial charge in [-0.2, -0.15) is 4.98 Å². The number of nitrogens with one attached hydrogen (secondary N) is 1. The summed E-state index contributed by atoms with van der Waals surface area (Å²) in [6.07, 6.45) is 3.69. The summed E-state index contributed by atoms with van der Waals surface area (Å²) in [5.74, 6) is 6.89. The van der Waals surface area contributed by atoms with Crippen molar-refractivity contribution in [3.8, 4) is 0 Å². The van der Waals surface area contributed by atoms with Crippen LogP contribution in [0.1, 0.15) is 25.7 Å². The van der Waals surface area contributed by atoms with Gasteiger partial charge in [-0.05, 0) is 37.8 Å². The molecule has 3 heterocycles. The minimum Gasteiger partial charge on any atom is -0.393 e. The van der Waals surface area contributed by atoms with E-state index in [1.54, 1.807) is 0 Å². The van der Waals surface area contributed by atoms with Crippen LogP contribution in [0.15, 0.2) is 24.3 Å². The zero-order chi connectivity index (χ0) is 14.4. The molecule has 1 aromatic carbocycles. The molecule has 2 aromatic rings. The Labute approximate surface area is 123 Å². The van der Waals surface area contributed by atoms with Crippen LogP contribution in [0.5, 0.6) is 0 Å². The van der Waals surface area contributed by atoms with Gasteiger partial charge in [-0.25, -0.2) is 10.8 Å². The van der Waals surface area contributed by atoms with Crippen LogP contribution in [0, 0.1) is 0 Å². The van der Waals surface area contributed by atoms with Crippen LogP contribution in [-0.2, 0) is 0 Å². The van der Waals surface area contributed by atoms with E-state index in [1.165, 1.54) is 0 Å². The van der Waals surface area contributed by atoms with Gasteiger partial charge >= 0.3 is 0 Å². The molecule has 4 rings (SSSR count). The summed E-state index contributed by atoms with van der Waals surface area (Å²) >= 11 is 0. The van der Waals surface area contributed by atoms with Gasteiger partial charge in [0.25, 0.3) is 0 Å². The summed E-state index contributed by atoms with van der Waals surface area (Å²) in [5, 5.41) is 11.0. The third-order valence-electron chi connectivity index (χ3n) is 4.66. The molecule has 2 fully saturated rings. The number of para-hydroxylation sites is 1. The average Bonchev–Trinajstić information content (AvgIpc) is 2.77. The Hall–Kier alpha value is -1.92. The molecule has 0 saturated carbocycles. The number of nitrogens with zero attached hydrogens (tertiary/aromatic N) is 3. The van der Waals surface area contributed by atoms with Crippen molar-refractivity contribution in [2.75, 3.05) is 10.3 Å². The first-order chi connectivity index (χ1) is 10.3. The van der Waals surface area contributed by atoms with Gasteiger partial charge in [0, 0.05) is 17.5 Å². The maximum atomic E-state index is 9.98. The van der Waals surface area contributed by atoms with E-state index in [9.17, 15) is 5.11 Å². The second-order valence-electron chi connectivity index (χ2n) is 5.95. The van der Waals surface area contributed by atoms with Crippen molar-refractivity contribution in [3.63, 3.8) is 0 Å². The monoisotopic (exact) mass is 285 g/mol. The molecule has 0 aliphatic carbocycles. The van der Waals surface area contributed by atoms with Crippen molar-refractivity contribution < 1.29 is 5.11 Å². The van der Waals surface area contributed by atoms with Gasteiger partial charge in [-0.1, -0.05) is 12.1 Å². The summed E-state index contributed by atoms with van der Waals surface area (Å²) in [6, 6.07) is 8.72. The molecular weight excluding hydrogens is 266 g/mol. The zero-order valence-corrected chi connectivity index (χ0v) is 11.7. The van der Waals surface area contributed by atoms with Crippen LogP contribution in [0.2, 0.25) is 0 Å². The van der Waals surface area contributed by atoms with Gasteiger partial charge < -0.3 is 10.0 Å². The minimum absolute atomic E-state index is 0.182. The molecule has 4 N–H and O–H groups in total. The number of benzene rings is 1. The lowest BCUT2D eigenvalue weighted by molar-refractivity contribution is 0.126. The van der Waals surface area contributed by atoms with Crippen LogP contribution in [0.25, 0.3) is 10.9 Å². The Morgan fingerprint density at radius 3 is 2.57 bits per heavy atom. The van der Waals surface area contributed by atoms with Crippen molar-refractivity contribution in [1.29, 1.82) is 0 Å². The molecule has 2 bridgehead atoms. The highest BCUT2D eigenvalue weighted by Gasteiger charge is 2.41. The number of rotatable bonds is 2. The highest BCUT2D eigenvalue weighted by Crippen LogP contribution is 2.41. The van der Waals surface area contributed by atoms with E-state index >= 15 is 0 Å². The second-order valence-corrected chi connectivity index (χ2v) is 5.95. The fourth-order valence-electron chi connectivity index (χ4n) is 3.82. The molecule has 0 amide bonds. The Morgan fingerprint density at radius 2 is 1.86 bits per heavy atom. The first-order valence-corrected chi connectivity index (χ1v) is 7.46. The number of aliphatic hydroxyl groups is 1. The normalized spacial score (nSPS) is 28.1. The highest BCUT2D eigenvalue weighted by atomic mass is 16.3. The number of hydrogen-bond donors (Lipinski definition) is 3. The predicted molar refractivity (Wildman–Crippen MR) is 81.9 cm³/mol. The molecule has 6 nitrogen and oxygen atoms in total. The molecule has 2 atom stereocenters. The van der Waals surface area contributed by atoms with E-state index in [2.05, 4.69) is 26.4 Å². The van der Waals surface area contributed by atoms with Gasteiger partial charge in [-0.3, -0.25) is 5.43 Å². The second kappa shape index (κ2) is 4.82. The quantitative estimate of drug-likeness (QED) is 0.571. The molecule has 2 saturated heterocycles. The first kappa shape index (κ1) is 12.8. The van der Waals surface area contributed by atoms with Gasteiger partial charge in [-0.15, -0.1) is 0 Å². The summed E-state index contributed by atoms with van der Waals surface area (Å²) in [4.78, 5) is 11.4. The molecular formula is C15H19N5O. The number of aliphatic hydroxyl groups excluding tert-OH is 1. The number of nitrogens with two attached hydrogens (primary N) is 1. The van der Waals surface area contributed by atoms with Crippen LogP contribution >= 0.6 is 0 Å². The van der Waals surface area contributed by atoms with E-state index in [-0.39, 0.29) is 6.10 Å². The summed E-state index contributed by atoms with van der Waals surface area (Å²) < 4.78 is 0. The van der Waals surface area contributed by atoms with E-state index in [4.69, 9.17) is 5.84 Å². The number of hydrogen-bond acceptors (Lipinski definition) is 6. The van der Waals surface area contributed by atoms with E-state index in [1.807, 2.05) is 18.2 Å². The SMILES string of the molecule is NNc1nc(N2C3CCC2CC(O)C3)c2ccccc2n1. The van der Waals surface area contributed by atoms with Crippen molar-refractivity contribution in [2.24, 2.45) is 5.84 Å². The molecule has 2 aliphatic heterocycles. The van der Waals surface area contributed by atoms with Crippen molar-refractivity contribution >= 4 is 22.7 Å². The highest BCUT2D eigenvalue weighted by molar-refractivity contribution is 5.91. The largest absolute Gasteiger partial charge is 0.393 e. The molecule has 2 unspecified atom stereocenters. The Bertz CT molecular complexity index is 662. The summed E-state index contributed by atoms with van der Waals surface area (Å²) in [5.41, 5.74) is 3.45. The summed E-state index contributed by atoms with van der Waals surface area (Å²) in [7, 11) is 0. The maximum Gasteiger partial charge on any atom is 0.239 e. The zero-order valence-electron chi connectivity index (χ0n) is 11.7. The van der Waals surface area contributed by atoms with Gasteiger partial charge in [0.05, 0.1) is 11.6 Å². The lowest BCUT2D eigenvalue weighted by Crippen LogP contribution is -2.45. The Morgan fingerprint density at radius 1 is 1.14 bits per heavy atom. The molecule has 0 radical (unpaired) electrons. The molecule has 21 heavy (non-hydrogen) atoms. The van der Waals surface area contributed by atoms with Crippen LogP contribution in [0.3, 0.4) is 0 Å². The van der Waals surface area contributed by atoms with Crippen LogP contribution in [0.4, 0.5) is 11.8 Å². The smallest absolute Gasteiger partial charge is 0.239 e. The standard InChI is InChI=1S/C15H19N5O/c16-19-15-17-13-4-2-1-3-12(13)14(18-15)20-9-5-6-10(20)8-11(21)7-9/h1-4,9-11,21H,5-8,16H2,(H,17,18,19). The fourth-order valence-corrected chi connectivity index (χ4v) is 3.82. The lowest BCUT2D eigenvalue weighted by atomic mass is 9.99. The number of nitrogen functional groups attached to an aromatic ring is 1. The topological polar surface area (TPSA) is 87.3 Å². The van der Waals surface area contributed by atoms with Gasteiger partial charge in [0.2, 0.25) is 5.95 Å². The third-order valence-corrected chi connectivity index (χ3v) is 4.66. The number of hydrazine groups is 1. The van der Waals surface area contributed by atoms with Gasteiger partial charge in [0.1, 0.15) is 5.82 Å². The van der Waals surface area contributed by atoms with E-state index in [0.717, 1.165) is 42.4 Å². The predicted octanol–water partition coefficient (Wildman–Crippen LogP) is 1.41. The maximum absolute atomic E-state index is 9.98. The molecule has 1 aromatic heterocycles. The number of piperidine rings is 1. The Kier molecular flexibility index (Phi) is 2.94. The summed E-state index contributed by atoms with van der Waals surface area (Å²) in [6.45, 7) is 0. The number of anilines is 2. The minimum atomic E-state index is -0.182. The van der Waals surface area contributed by atoms with Crippen molar-refractivity contribution in [1.82, 2.24) is 9.97 Å². The Balaban J connectivity index is 1.86. The molecule has 0 spiro atoms. The number of aromatic nitrogens is 2. The van der Waals surface area contributed by atoms with Gasteiger partial charge in [0.15, 0.2) is 0 Å². The average molecular weight is 285 g/mol. The third kappa shape index (κ3) is 2.02. The fraction of sp³-hybridized carbons (Fsp3) is 0.467. The molecule has 6 heteroatoms. The van der Waals surface area contributed by atoms with Crippen LogP contribution < -0.4 is 16.2 Å². The van der Waals surface area contributed by atoms with Crippen LogP contribution in [-0.4, -0.2) is 33.3 Å². The van der Waals surface area contributed by atoms with E-state index in [0.29, 0.717) is 18.0 Å². The van der Waals surface area contributed by atoms with Crippen molar-refractivity contribution in [3.05, 3.63) is 24.3 Å². The molecule has 2 aliphatic rings. The first-order valence-electron chi connectivity index (χ1n) is 7.46. The lowest BCUT2D eigenvalue weighted by Gasteiger charge is -2.38.